The van der Waals surface area contributed by atoms with Gasteiger partial charge in [-0.15, -0.1) is 0 Å². The molecule has 1 saturated heterocycles. The fraction of sp³-hybridized carbons (Fsp3) is 0.231. The molecular formula is C26H26FN3O2. The Kier molecular flexibility index (Phi) is 6.61. The molecule has 0 saturated carbocycles. The van der Waals surface area contributed by atoms with Gasteiger partial charge in [-0.1, -0.05) is 30.3 Å². The summed E-state index contributed by atoms with van der Waals surface area (Å²) in [7, 11) is 0. The summed E-state index contributed by atoms with van der Waals surface area (Å²) >= 11 is 0. The zero-order chi connectivity index (χ0) is 22.5. The minimum absolute atomic E-state index is 0.130. The fourth-order valence-electron chi connectivity index (χ4n) is 3.87. The van der Waals surface area contributed by atoms with Crippen molar-refractivity contribution in [3.05, 3.63) is 95.3 Å². The second-order valence-corrected chi connectivity index (χ2v) is 8.00. The number of carbonyl (C=O) groups is 2. The van der Waals surface area contributed by atoms with Gasteiger partial charge in [-0.25, -0.2) is 4.39 Å². The third kappa shape index (κ3) is 5.21. The van der Waals surface area contributed by atoms with Crippen LogP contribution in [-0.4, -0.2) is 42.8 Å². The number of halogens is 1. The average Bonchev–Trinajstić information content (AvgIpc) is 2.81. The second-order valence-electron chi connectivity index (χ2n) is 8.00. The van der Waals surface area contributed by atoms with Crippen molar-refractivity contribution in [3.8, 4) is 0 Å². The number of carbonyl (C=O) groups excluding carboxylic acids is 2. The van der Waals surface area contributed by atoms with Gasteiger partial charge in [0, 0.05) is 49.5 Å². The van der Waals surface area contributed by atoms with Crippen molar-refractivity contribution in [1.29, 1.82) is 0 Å². The van der Waals surface area contributed by atoms with Crippen molar-refractivity contribution < 1.29 is 14.0 Å². The lowest BCUT2D eigenvalue weighted by molar-refractivity contribution is 0.101. The molecule has 0 aromatic heterocycles. The number of Topliss-reactive ketones (excluding diaryl/α,β-unsaturated/α-hetero) is 1. The number of ketones is 1. The van der Waals surface area contributed by atoms with E-state index in [0.29, 0.717) is 29.9 Å². The highest BCUT2D eigenvalue weighted by Gasteiger charge is 2.20. The Balaban J connectivity index is 1.30. The number of rotatable bonds is 6. The standard InChI is InChI=1S/C26H26FN3O2/c1-19(31)22-11-12-25(24(27)17-22)30-15-13-29(14-16-30)18-20-7-9-21(10-8-20)26(32)28-23-5-3-2-4-6-23/h2-12,17H,13-16,18H2,1H3,(H,28,32). The lowest BCUT2D eigenvalue weighted by Crippen LogP contribution is -2.46. The predicted octanol–water partition coefficient (Wildman–Crippen LogP) is 4.60. The Morgan fingerprint density at radius 3 is 2.16 bits per heavy atom. The summed E-state index contributed by atoms with van der Waals surface area (Å²) in [6.07, 6.45) is 0. The van der Waals surface area contributed by atoms with Crippen LogP contribution in [0.3, 0.4) is 0 Å². The molecule has 1 fully saturated rings. The summed E-state index contributed by atoms with van der Waals surface area (Å²) in [6.45, 7) is 5.27. The molecule has 1 aliphatic rings. The predicted molar refractivity (Wildman–Crippen MR) is 125 cm³/mol. The molecule has 0 atom stereocenters. The van der Waals surface area contributed by atoms with Crippen LogP contribution in [0.4, 0.5) is 15.8 Å². The van der Waals surface area contributed by atoms with Crippen LogP contribution < -0.4 is 10.2 Å². The third-order valence-corrected chi connectivity index (χ3v) is 5.72. The third-order valence-electron chi connectivity index (χ3n) is 5.72. The molecule has 5 nitrogen and oxygen atoms in total. The maximum absolute atomic E-state index is 14.4. The van der Waals surface area contributed by atoms with Crippen molar-refractivity contribution in [2.75, 3.05) is 36.4 Å². The molecule has 0 aliphatic carbocycles. The van der Waals surface area contributed by atoms with E-state index in [2.05, 4.69) is 10.2 Å². The number of piperazine rings is 1. The Morgan fingerprint density at radius 2 is 1.53 bits per heavy atom. The summed E-state index contributed by atoms with van der Waals surface area (Å²) in [6, 6.07) is 21.7. The molecule has 1 N–H and O–H groups in total. The average molecular weight is 432 g/mol. The zero-order valence-corrected chi connectivity index (χ0v) is 18.1. The maximum Gasteiger partial charge on any atom is 0.255 e. The molecule has 3 aromatic carbocycles. The molecule has 1 amide bonds. The van der Waals surface area contributed by atoms with Crippen LogP contribution in [0.1, 0.15) is 33.2 Å². The maximum atomic E-state index is 14.4. The number of hydrogen-bond acceptors (Lipinski definition) is 4. The van der Waals surface area contributed by atoms with E-state index in [1.807, 2.05) is 59.5 Å². The van der Waals surface area contributed by atoms with E-state index >= 15 is 0 Å². The van der Waals surface area contributed by atoms with Crippen molar-refractivity contribution in [3.63, 3.8) is 0 Å². The van der Waals surface area contributed by atoms with Gasteiger partial charge in [0.25, 0.3) is 5.91 Å². The van der Waals surface area contributed by atoms with Crippen molar-refractivity contribution in [2.45, 2.75) is 13.5 Å². The first-order valence-electron chi connectivity index (χ1n) is 10.7. The molecule has 0 bridgehead atoms. The van der Waals surface area contributed by atoms with Gasteiger partial charge >= 0.3 is 0 Å². The summed E-state index contributed by atoms with van der Waals surface area (Å²) in [4.78, 5) is 28.2. The Bertz CT molecular complexity index is 1090. The van der Waals surface area contributed by atoms with Gasteiger partial charge in [-0.05, 0) is 55.0 Å². The van der Waals surface area contributed by atoms with Crippen LogP contribution in [0.5, 0.6) is 0 Å². The molecule has 32 heavy (non-hydrogen) atoms. The van der Waals surface area contributed by atoms with E-state index in [0.717, 1.165) is 30.9 Å². The van der Waals surface area contributed by atoms with E-state index in [4.69, 9.17) is 0 Å². The second kappa shape index (κ2) is 9.75. The first kappa shape index (κ1) is 21.7. The Morgan fingerprint density at radius 1 is 0.875 bits per heavy atom. The van der Waals surface area contributed by atoms with Gasteiger partial charge in [0.1, 0.15) is 5.82 Å². The van der Waals surface area contributed by atoms with Crippen molar-refractivity contribution in [2.24, 2.45) is 0 Å². The van der Waals surface area contributed by atoms with Crippen LogP contribution in [-0.2, 0) is 6.54 Å². The van der Waals surface area contributed by atoms with Crippen molar-refractivity contribution >= 4 is 23.1 Å². The van der Waals surface area contributed by atoms with Gasteiger partial charge in [-0.2, -0.15) is 0 Å². The number of nitrogens with one attached hydrogen (secondary N) is 1. The van der Waals surface area contributed by atoms with Crippen LogP contribution >= 0.6 is 0 Å². The molecule has 0 spiro atoms. The fourth-order valence-corrected chi connectivity index (χ4v) is 3.87. The van der Waals surface area contributed by atoms with Crippen LogP contribution in [0.25, 0.3) is 0 Å². The molecule has 0 radical (unpaired) electrons. The van der Waals surface area contributed by atoms with Gasteiger partial charge in [0.2, 0.25) is 0 Å². The van der Waals surface area contributed by atoms with E-state index in [-0.39, 0.29) is 17.5 Å². The number of benzene rings is 3. The van der Waals surface area contributed by atoms with Gasteiger partial charge in [-0.3, -0.25) is 14.5 Å². The first-order chi connectivity index (χ1) is 15.5. The van der Waals surface area contributed by atoms with E-state index < -0.39 is 0 Å². The molecule has 6 heteroatoms. The van der Waals surface area contributed by atoms with E-state index in [1.165, 1.54) is 13.0 Å². The number of para-hydroxylation sites is 1. The van der Waals surface area contributed by atoms with Gasteiger partial charge in [0.15, 0.2) is 5.78 Å². The highest BCUT2D eigenvalue weighted by atomic mass is 19.1. The molecular weight excluding hydrogens is 405 g/mol. The largest absolute Gasteiger partial charge is 0.367 e. The normalized spacial score (nSPS) is 14.2. The molecule has 0 unspecified atom stereocenters. The van der Waals surface area contributed by atoms with Crippen LogP contribution in [0.2, 0.25) is 0 Å². The summed E-state index contributed by atoms with van der Waals surface area (Å²) in [5.41, 5.74) is 3.46. The molecule has 164 valence electrons. The highest BCUT2D eigenvalue weighted by Crippen LogP contribution is 2.23. The first-order valence-corrected chi connectivity index (χ1v) is 10.7. The zero-order valence-electron chi connectivity index (χ0n) is 18.1. The number of amides is 1. The quantitative estimate of drug-likeness (QED) is 0.580. The molecule has 1 heterocycles. The minimum atomic E-state index is -0.351. The molecule has 4 rings (SSSR count). The molecule has 3 aromatic rings. The van der Waals surface area contributed by atoms with Gasteiger partial charge in [0.05, 0.1) is 5.69 Å². The van der Waals surface area contributed by atoms with E-state index in [9.17, 15) is 14.0 Å². The SMILES string of the molecule is CC(=O)c1ccc(N2CCN(Cc3ccc(C(=O)Nc4ccccc4)cc3)CC2)c(F)c1. The highest BCUT2D eigenvalue weighted by molar-refractivity contribution is 6.04. The van der Waals surface area contributed by atoms with Crippen LogP contribution in [0, 0.1) is 5.82 Å². The van der Waals surface area contributed by atoms with Gasteiger partial charge < -0.3 is 10.2 Å². The smallest absolute Gasteiger partial charge is 0.255 e. The summed E-state index contributed by atoms with van der Waals surface area (Å²) in [5, 5.41) is 2.89. The Labute approximate surface area is 187 Å². The monoisotopic (exact) mass is 431 g/mol. The summed E-state index contributed by atoms with van der Waals surface area (Å²) in [5.74, 6) is -0.617. The summed E-state index contributed by atoms with van der Waals surface area (Å²) < 4.78 is 14.4. The lowest BCUT2D eigenvalue weighted by Gasteiger charge is -2.36. The minimum Gasteiger partial charge on any atom is -0.367 e. The Hall–Kier alpha value is -3.51. The lowest BCUT2D eigenvalue weighted by atomic mass is 10.1. The van der Waals surface area contributed by atoms with E-state index in [1.54, 1.807) is 12.1 Å². The van der Waals surface area contributed by atoms with Crippen LogP contribution in [0.15, 0.2) is 72.8 Å². The number of anilines is 2. The number of nitrogens with zero attached hydrogens (tertiary/aromatic N) is 2. The van der Waals surface area contributed by atoms with Crippen molar-refractivity contribution in [1.82, 2.24) is 4.90 Å². The molecule has 1 aliphatic heterocycles. The topological polar surface area (TPSA) is 52.7 Å². The number of hydrogen-bond donors (Lipinski definition) is 1.